The molecular formula is C4H3ClNS. The lowest BCUT2D eigenvalue weighted by Gasteiger charge is -1.68. The van der Waals surface area contributed by atoms with E-state index in [0.717, 1.165) is 5.01 Å². The highest BCUT2D eigenvalue weighted by Gasteiger charge is 1.88. The Balaban J connectivity index is 3.04. The van der Waals surface area contributed by atoms with Gasteiger partial charge in [-0.2, -0.15) is 0 Å². The highest BCUT2D eigenvalue weighted by Crippen LogP contribution is 2.11. The average molecular weight is 133 g/mol. The van der Waals surface area contributed by atoms with E-state index in [1.807, 2.05) is 0 Å². The number of halogens is 1. The van der Waals surface area contributed by atoms with Gasteiger partial charge < -0.3 is 0 Å². The van der Waals surface area contributed by atoms with Crippen molar-refractivity contribution in [1.29, 1.82) is 0 Å². The fourth-order valence-electron chi connectivity index (χ4n) is 0.288. The molecule has 0 saturated carbocycles. The van der Waals surface area contributed by atoms with Gasteiger partial charge in [0.05, 0.1) is 5.01 Å². The number of thiazole rings is 1. The van der Waals surface area contributed by atoms with Crippen molar-refractivity contribution in [2.45, 2.75) is 0 Å². The summed E-state index contributed by atoms with van der Waals surface area (Å²) in [6, 6.07) is 0. The third-order valence-corrected chi connectivity index (χ3v) is 1.55. The van der Waals surface area contributed by atoms with Crippen LogP contribution in [0.3, 0.4) is 0 Å². The van der Waals surface area contributed by atoms with Crippen LogP contribution >= 0.6 is 22.9 Å². The lowest BCUT2D eigenvalue weighted by atomic mass is 10.8. The predicted molar refractivity (Wildman–Crippen MR) is 31.6 cm³/mol. The van der Waals surface area contributed by atoms with Gasteiger partial charge in [-0.05, 0) is 0 Å². The third kappa shape index (κ3) is 1.14. The Kier molecular flexibility index (Phi) is 1.30. The molecule has 0 saturated heterocycles. The molecule has 0 atom stereocenters. The first-order chi connectivity index (χ1) is 3.29. The van der Waals surface area contributed by atoms with Crippen LogP contribution < -0.4 is 0 Å². The highest BCUT2D eigenvalue weighted by atomic mass is 35.5. The number of rotatable bonds is 0. The van der Waals surface area contributed by atoms with E-state index in [9.17, 15) is 0 Å². The first-order valence-electron chi connectivity index (χ1n) is 1.72. The van der Waals surface area contributed by atoms with Crippen LogP contribution in [0.25, 0.3) is 0 Å². The van der Waals surface area contributed by atoms with E-state index in [1.165, 1.54) is 11.3 Å². The summed E-state index contributed by atoms with van der Waals surface area (Å²) < 4.78 is 0. The maximum Gasteiger partial charge on any atom is 0.140 e. The number of hydrogen-bond acceptors (Lipinski definition) is 2. The molecule has 1 radical (unpaired) electrons. The first-order valence-corrected chi connectivity index (χ1v) is 2.98. The van der Waals surface area contributed by atoms with Crippen molar-refractivity contribution < 1.29 is 0 Å². The summed E-state index contributed by atoms with van der Waals surface area (Å²) in [7, 11) is 0. The van der Waals surface area contributed by atoms with Gasteiger partial charge in [-0.3, -0.25) is 0 Å². The van der Waals surface area contributed by atoms with E-state index >= 15 is 0 Å². The summed E-state index contributed by atoms with van der Waals surface area (Å²) in [4.78, 5) is 3.78. The minimum atomic E-state index is 0.537. The minimum absolute atomic E-state index is 0.537. The SMILES string of the molecule is [CH2]c1nc(Cl)cs1. The topological polar surface area (TPSA) is 12.9 Å². The van der Waals surface area contributed by atoms with Crippen LogP contribution in [0.15, 0.2) is 5.38 Å². The predicted octanol–water partition coefficient (Wildman–Crippen LogP) is 1.98. The van der Waals surface area contributed by atoms with Crippen LogP contribution in [0, 0.1) is 6.92 Å². The summed E-state index contributed by atoms with van der Waals surface area (Å²) in [5.41, 5.74) is 0. The van der Waals surface area contributed by atoms with Crippen molar-refractivity contribution in [1.82, 2.24) is 4.98 Å². The van der Waals surface area contributed by atoms with Gasteiger partial charge in [0.25, 0.3) is 0 Å². The second kappa shape index (κ2) is 1.80. The van der Waals surface area contributed by atoms with Gasteiger partial charge in [0, 0.05) is 12.3 Å². The molecule has 1 nitrogen and oxygen atoms in total. The molecule has 7 heavy (non-hydrogen) atoms. The van der Waals surface area contributed by atoms with Crippen LogP contribution in [-0.2, 0) is 0 Å². The third-order valence-electron chi connectivity index (χ3n) is 0.524. The van der Waals surface area contributed by atoms with Gasteiger partial charge in [0.2, 0.25) is 0 Å². The van der Waals surface area contributed by atoms with E-state index in [1.54, 1.807) is 5.38 Å². The van der Waals surface area contributed by atoms with Gasteiger partial charge in [0.15, 0.2) is 0 Å². The monoisotopic (exact) mass is 132 g/mol. The fourth-order valence-corrected chi connectivity index (χ4v) is 1.01. The zero-order chi connectivity index (χ0) is 5.28. The van der Waals surface area contributed by atoms with Gasteiger partial charge in [-0.1, -0.05) is 11.6 Å². The van der Waals surface area contributed by atoms with Crippen molar-refractivity contribution in [2.24, 2.45) is 0 Å². The van der Waals surface area contributed by atoms with Crippen molar-refractivity contribution in [3.05, 3.63) is 22.5 Å². The summed E-state index contributed by atoms with van der Waals surface area (Å²) in [5.74, 6) is 0. The van der Waals surface area contributed by atoms with Crippen molar-refractivity contribution >= 4 is 22.9 Å². The second-order valence-corrected chi connectivity index (χ2v) is 2.39. The molecule has 1 heterocycles. The Labute approximate surface area is 51.0 Å². The molecule has 0 fully saturated rings. The van der Waals surface area contributed by atoms with Gasteiger partial charge >= 0.3 is 0 Å². The van der Waals surface area contributed by atoms with E-state index in [0.29, 0.717) is 5.15 Å². The van der Waals surface area contributed by atoms with Crippen LogP contribution in [-0.4, -0.2) is 4.98 Å². The molecule has 0 N–H and O–H groups in total. The van der Waals surface area contributed by atoms with Crippen LogP contribution in [0.4, 0.5) is 0 Å². The lowest BCUT2D eigenvalue weighted by molar-refractivity contribution is 1.37. The summed E-state index contributed by atoms with van der Waals surface area (Å²) >= 11 is 6.87. The van der Waals surface area contributed by atoms with E-state index in [4.69, 9.17) is 11.6 Å². The highest BCUT2D eigenvalue weighted by molar-refractivity contribution is 7.10. The van der Waals surface area contributed by atoms with Gasteiger partial charge in [0.1, 0.15) is 5.15 Å². The van der Waals surface area contributed by atoms with Crippen molar-refractivity contribution in [2.75, 3.05) is 0 Å². The van der Waals surface area contributed by atoms with Crippen LogP contribution in [0.2, 0.25) is 5.15 Å². The van der Waals surface area contributed by atoms with E-state index in [2.05, 4.69) is 11.9 Å². The summed E-state index contributed by atoms with van der Waals surface area (Å²) in [6.45, 7) is 3.56. The number of nitrogens with zero attached hydrogens (tertiary/aromatic N) is 1. The molecule has 37 valence electrons. The number of hydrogen-bond donors (Lipinski definition) is 0. The Bertz CT molecular complexity index is 144. The lowest BCUT2D eigenvalue weighted by Crippen LogP contribution is -1.61. The molecular weight excluding hydrogens is 130 g/mol. The normalized spacial score (nSPS) is 9.43. The Hall–Kier alpha value is -0.0800. The molecule has 0 aromatic carbocycles. The Morgan fingerprint density at radius 1 is 1.86 bits per heavy atom. The largest absolute Gasteiger partial charge is 0.230 e. The number of aromatic nitrogens is 1. The van der Waals surface area contributed by atoms with Gasteiger partial charge in [-0.15, -0.1) is 11.3 Å². The summed E-state index contributed by atoms with van der Waals surface area (Å²) in [5, 5.41) is 3.06. The van der Waals surface area contributed by atoms with Crippen molar-refractivity contribution in [3.8, 4) is 0 Å². The zero-order valence-electron chi connectivity index (χ0n) is 3.52. The molecule has 3 heteroatoms. The minimum Gasteiger partial charge on any atom is -0.230 e. The standard InChI is InChI=1S/C4H3ClNS/c1-3-6-4(5)2-7-3/h2H,1H2. The van der Waals surface area contributed by atoms with E-state index < -0.39 is 0 Å². The summed E-state index contributed by atoms with van der Waals surface area (Å²) in [6.07, 6.45) is 0. The second-order valence-electron chi connectivity index (χ2n) is 1.06. The average Bonchev–Trinajstić information content (AvgIpc) is 1.87. The smallest absolute Gasteiger partial charge is 0.140 e. The van der Waals surface area contributed by atoms with Gasteiger partial charge in [-0.25, -0.2) is 4.98 Å². The maximum absolute atomic E-state index is 5.42. The molecule has 0 aliphatic heterocycles. The zero-order valence-corrected chi connectivity index (χ0v) is 5.09. The Morgan fingerprint density at radius 3 is 2.71 bits per heavy atom. The molecule has 0 amide bonds. The quantitative estimate of drug-likeness (QED) is 0.526. The fraction of sp³-hybridized carbons (Fsp3) is 0. The molecule has 1 aromatic rings. The maximum atomic E-state index is 5.42. The van der Waals surface area contributed by atoms with Crippen LogP contribution in [0.5, 0.6) is 0 Å². The molecule has 0 bridgehead atoms. The molecule has 1 aromatic heterocycles. The molecule has 0 aliphatic carbocycles. The molecule has 1 rings (SSSR count). The van der Waals surface area contributed by atoms with Crippen LogP contribution in [0.1, 0.15) is 5.01 Å². The molecule has 0 aliphatic rings. The Morgan fingerprint density at radius 2 is 2.57 bits per heavy atom. The van der Waals surface area contributed by atoms with Crippen molar-refractivity contribution in [3.63, 3.8) is 0 Å². The molecule has 0 unspecified atom stereocenters. The van der Waals surface area contributed by atoms with E-state index in [-0.39, 0.29) is 0 Å². The molecule has 0 spiro atoms. The first kappa shape index (κ1) is 5.06.